The number of nitrogens with one attached hydrogen (secondary N) is 1. The second-order valence-corrected chi connectivity index (χ2v) is 8.57. The molecule has 0 radical (unpaired) electrons. The highest BCUT2D eigenvalue weighted by Gasteiger charge is 2.30. The molecule has 2 aromatic heterocycles. The molecule has 1 atom stereocenters. The first-order valence-corrected chi connectivity index (χ1v) is 11.1. The Labute approximate surface area is 199 Å². The Bertz CT molecular complexity index is 1410. The molecule has 0 aliphatic heterocycles. The van der Waals surface area contributed by atoms with Crippen LogP contribution < -0.4 is 10.9 Å². The van der Waals surface area contributed by atoms with Gasteiger partial charge < -0.3 is 5.32 Å². The minimum atomic E-state index is -4.43. The number of hydrogen-bond acceptors (Lipinski definition) is 4. The van der Waals surface area contributed by atoms with Crippen molar-refractivity contribution >= 4 is 16.8 Å². The Hall–Kier alpha value is -3.95. The monoisotopic (exact) mass is 483 g/mol. The molecule has 10 heteroatoms. The van der Waals surface area contributed by atoms with Crippen molar-refractivity contribution in [2.24, 2.45) is 0 Å². The minimum absolute atomic E-state index is 0.0353. The van der Waals surface area contributed by atoms with E-state index in [1.807, 2.05) is 44.2 Å². The predicted octanol–water partition coefficient (Wildman–Crippen LogP) is 4.60. The van der Waals surface area contributed by atoms with Gasteiger partial charge in [0.15, 0.2) is 0 Å². The second-order valence-electron chi connectivity index (χ2n) is 8.57. The van der Waals surface area contributed by atoms with E-state index in [-0.39, 0.29) is 12.5 Å². The standard InChI is InChI=1S/C25H24F3N5O2/c1-15(2)22-20-13-29-33(19-7-5-4-6-8-19)23(20)24(35)32(31-22)14-21(34)30-16(3)17-9-11-18(12-10-17)25(26,27)28/h4-13,15-16H,14H2,1-3H3,(H,30,34). The largest absolute Gasteiger partial charge is 0.416 e. The zero-order valence-electron chi connectivity index (χ0n) is 19.4. The van der Waals surface area contributed by atoms with Crippen molar-refractivity contribution < 1.29 is 18.0 Å². The number of rotatable bonds is 6. The van der Waals surface area contributed by atoms with Crippen LogP contribution in [0.5, 0.6) is 0 Å². The number of alkyl halides is 3. The molecule has 1 amide bonds. The highest BCUT2D eigenvalue weighted by molar-refractivity contribution is 5.82. The Morgan fingerprint density at radius 1 is 1.03 bits per heavy atom. The molecule has 1 N–H and O–H groups in total. The van der Waals surface area contributed by atoms with Gasteiger partial charge in [-0.3, -0.25) is 9.59 Å². The first-order chi connectivity index (χ1) is 16.6. The summed E-state index contributed by atoms with van der Waals surface area (Å²) >= 11 is 0. The zero-order chi connectivity index (χ0) is 25.3. The average molecular weight is 483 g/mol. The van der Waals surface area contributed by atoms with Crippen LogP contribution in [0.15, 0.2) is 65.6 Å². The SMILES string of the molecule is CC(C)c1nn(CC(=O)NC(C)c2ccc(C(F)(F)F)cc2)c(=O)c2c1cnn2-c1ccccc1. The van der Waals surface area contributed by atoms with E-state index in [1.165, 1.54) is 16.8 Å². The molecule has 0 bridgehead atoms. The summed E-state index contributed by atoms with van der Waals surface area (Å²) in [6.45, 7) is 5.18. The van der Waals surface area contributed by atoms with Crippen LogP contribution in [0.4, 0.5) is 13.2 Å². The van der Waals surface area contributed by atoms with Crippen LogP contribution in [0.3, 0.4) is 0 Å². The number of halogens is 3. The Morgan fingerprint density at radius 3 is 2.29 bits per heavy atom. The van der Waals surface area contributed by atoms with Crippen LogP contribution >= 0.6 is 0 Å². The maximum absolute atomic E-state index is 13.3. The summed E-state index contributed by atoms with van der Waals surface area (Å²) in [4.78, 5) is 26.1. The van der Waals surface area contributed by atoms with E-state index in [4.69, 9.17) is 0 Å². The molecule has 0 fully saturated rings. The van der Waals surface area contributed by atoms with Gasteiger partial charge in [-0.2, -0.15) is 23.4 Å². The molecule has 0 aliphatic rings. The van der Waals surface area contributed by atoms with E-state index in [9.17, 15) is 22.8 Å². The van der Waals surface area contributed by atoms with Gasteiger partial charge in [0.25, 0.3) is 5.56 Å². The van der Waals surface area contributed by atoms with Crippen LogP contribution in [0.2, 0.25) is 0 Å². The number of para-hydroxylation sites is 1. The third kappa shape index (κ3) is 4.96. The number of carbonyl (C=O) groups excluding carboxylic acids is 1. The molecular formula is C25H24F3N5O2. The smallest absolute Gasteiger partial charge is 0.348 e. The number of nitrogens with zero attached hydrogens (tertiary/aromatic N) is 4. The Balaban J connectivity index is 1.63. The summed E-state index contributed by atoms with van der Waals surface area (Å²) in [6, 6.07) is 13.2. The van der Waals surface area contributed by atoms with E-state index in [2.05, 4.69) is 15.5 Å². The van der Waals surface area contributed by atoms with Gasteiger partial charge in [-0.15, -0.1) is 0 Å². The van der Waals surface area contributed by atoms with Gasteiger partial charge in [0.05, 0.1) is 29.2 Å². The van der Waals surface area contributed by atoms with E-state index < -0.39 is 29.2 Å². The number of amides is 1. The topological polar surface area (TPSA) is 81.8 Å². The number of aromatic nitrogens is 4. The molecule has 1 unspecified atom stereocenters. The Kier molecular flexibility index (Phi) is 6.47. The molecule has 0 saturated carbocycles. The van der Waals surface area contributed by atoms with E-state index >= 15 is 0 Å². The zero-order valence-corrected chi connectivity index (χ0v) is 19.4. The summed E-state index contributed by atoms with van der Waals surface area (Å²) in [5.41, 5.74) is 0.923. The van der Waals surface area contributed by atoms with Gasteiger partial charge in [0, 0.05) is 5.39 Å². The van der Waals surface area contributed by atoms with Crippen molar-refractivity contribution in [3.8, 4) is 5.69 Å². The van der Waals surface area contributed by atoms with Gasteiger partial charge in [0.2, 0.25) is 5.91 Å². The molecule has 0 spiro atoms. The van der Waals surface area contributed by atoms with Crippen LogP contribution in [-0.4, -0.2) is 25.5 Å². The van der Waals surface area contributed by atoms with E-state index in [0.717, 1.165) is 16.8 Å². The summed E-state index contributed by atoms with van der Waals surface area (Å²) in [7, 11) is 0. The van der Waals surface area contributed by atoms with Crippen LogP contribution in [0.1, 0.15) is 49.6 Å². The lowest BCUT2D eigenvalue weighted by Crippen LogP contribution is -2.36. The molecule has 0 saturated heterocycles. The van der Waals surface area contributed by atoms with E-state index in [1.54, 1.807) is 13.1 Å². The summed E-state index contributed by atoms with van der Waals surface area (Å²) < 4.78 is 41.1. The normalized spacial score (nSPS) is 12.8. The van der Waals surface area contributed by atoms with Crippen molar-refractivity contribution in [3.63, 3.8) is 0 Å². The lowest BCUT2D eigenvalue weighted by Gasteiger charge is -2.16. The quantitative estimate of drug-likeness (QED) is 0.435. The Morgan fingerprint density at radius 2 is 1.69 bits per heavy atom. The molecule has 7 nitrogen and oxygen atoms in total. The fourth-order valence-corrected chi connectivity index (χ4v) is 3.86. The van der Waals surface area contributed by atoms with Gasteiger partial charge in [0.1, 0.15) is 12.1 Å². The highest BCUT2D eigenvalue weighted by Crippen LogP contribution is 2.30. The number of benzene rings is 2. The molecular weight excluding hydrogens is 459 g/mol. The van der Waals surface area contributed by atoms with Gasteiger partial charge in [-0.25, -0.2) is 9.36 Å². The molecule has 4 aromatic rings. The maximum Gasteiger partial charge on any atom is 0.416 e. The van der Waals surface area contributed by atoms with Crippen molar-refractivity contribution in [1.29, 1.82) is 0 Å². The molecule has 182 valence electrons. The summed E-state index contributed by atoms with van der Waals surface area (Å²) in [5, 5.41) is 12.2. The van der Waals surface area contributed by atoms with E-state index in [0.29, 0.717) is 27.8 Å². The lowest BCUT2D eigenvalue weighted by molar-refractivity contribution is -0.137. The minimum Gasteiger partial charge on any atom is -0.348 e. The molecule has 2 aromatic carbocycles. The second kappa shape index (κ2) is 9.36. The first kappa shape index (κ1) is 24.2. The van der Waals surface area contributed by atoms with Gasteiger partial charge >= 0.3 is 6.18 Å². The molecule has 4 rings (SSSR count). The lowest BCUT2D eigenvalue weighted by atomic mass is 10.1. The number of hydrogen-bond donors (Lipinski definition) is 1. The third-order valence-corrected chi connectivity index (χ3v) is 5.67. The fourth-order valence-electron chi connectivity index (χ4n) is 3.86. The molecule has 2 heterocycles. The molecule has 0 aliphatic carbocycles. The third-order valence-electron chi connectivity index (χ3n) is 5.67. The van der Waals surface area contributed by atoms with Gasteiger partial charge in [-0.1, -0.05) is 44.2 Å². The maximum atomic E-state index is 13.3. The average Bonchev–Trinajstić information content (AvgIpc) is 3.26. The first-order valence-electron chi connectivity index (χ1n) is 11.1. The highest BCUT2D eigenvalue weighted by atomic mass is 19.4. The number of fused-ring (bicyclic) bond motifs is 1. The number of carbonyl (C=O) groups is 1. The summed E-state index contributed by atoms with van der Waals surface area (Å²) in [5.74, 6) is -0.529. The van der Waals surface area contributed by atoms with Crippen LogP contribution in [0.25, 0.3) is 16.6 Å². The molecule has 35 heavy (non-hydrogen) atoms. The van der Waals surface area contributed by atoms with Crippen molar-refractivity contribution in [1.82, 2.24) is 24.9 Å². The van der Waals surface area contributed by atoms with Crippen molar-refractivity contribution in [2.75, 3.05) is 0 Å². The fraction of sp³-hybridized carbons (Fsp3) is 0.280. The van der Waals surface area contributed by atoms with Crippen LogP contribution in [-0.2, 0) is 17.5 Å². The van der Waals surface area contributed by atoms with Crippen molar-refractivity contribution in [3.05, 3.63) is 88.0 Å². The van der Waals surface area contributed by atoms with Gasteiger partial charge in [-0.05, 0) is 42.7 Å². The van der Waals surface area contributed by atoms with Crippen molar-refractivity contribution in [2.45, 2.75) is 45.5 Å². The van der Waals surface area contributed by atoms with Crippen LogP contribution in [0, 0.1) is 0 Å². The predicted molar refractivity (Wildman–Crippen MR) is 125 cm³/mol. The summed E-state index contributed by atoms with van der Waals surface area (Å²) in [6.07, 6.45) is -2.83.